The van der Waals surface area contributed by atoms with Crippen molar-refractivity contribution in [3.05, 3.63) is 87.4 Å². The van der Waals surface area contributed by atoms with Gasteiger partial charge in [0.2, 0.25) is 0 Å². The molecule has 3 rings (SSSR count). The predicted molar refractivity (Wildman–Crippen MR) is 118 cm³/mol. The highest BCUT2D eigenvalue weighted by Crippen LogP contribution is 2.22. The summed E-state index contributed by atoms with van der Waals surface area (Å²) in [5, 5.41) is 3.38. The Morgan fingerprint density at radius 3 is 1.97 bits per heavy atom. The van der Waals surface area contributed by atoms with Crippen LogP contribution in [0.5, 0.6) is 0 Å². The molecule has 8 heteroatoms. The summed E-state index contributed by atoms with van der Waals surface area (Å²) in [6.45, 7) is 3.87. The third-order valence-electron chi connectivity index (χ3n) is 4.31. The largest absolute Gasteiger partial charge is 0.322 e. The second-order valence-corrected chi connectivity index (χ2v) is 9.10. The summed E-state index contributed by atoms with van der Waals surface area (Å²) in [5.74, 6) is -0.404. The van der Waals surface area contributed by atoms with E-state index in [0.717, 1.165) is 11.1 Å². The minimum Gasteiger partial charge on any atom is -0.322 e. The van der Waals surface area contributed by atoms with Crippen LogP contribution in [-0.4, -0.2) is 14.3 Å². The SMILES string of the molecule is Cc1ccc(NS(=O)(=O)c2ccc(NC(=O)c3cc(Cl)cc(Cl)c3)cc2)cc1C. The van der Waals surface area contributed by atoms with Crippen molar-refractivity contribution < 1.29 is 13.2 Å². The predicted octanol–water partition coefficient (Wildman–Crippen LogP) is 5.66. The van der Waals surface area contributed by atoms with Crippen LogP contribution in [0.2, 0.25) is 10.0 Å². The molecule has 0 saturated carbocycles. The third kappa shape index (κ3) is 5.29. The van der Waals surface area contributed by atoms with E-state index in [9.17, 15) is 13.2 Å². The van der Waals surface area contributed by atoms with Crippen LogP contribution in [-0.2, 0) is 10.0 Å². The highest BCUT2D eigenvalue weighted by atomic mass is 35.5. The zero-order chi connectivity index (χ0) is 21.2. The maximum absolute atomic E-state index is 12.6. The molecular formula is C21H18Cl2N2O3S. The summed E-state index contributed by atoms with van der Waals surface area (Å²) < 4.78 is 27.8. The fraction of sp³-hybridized carbons (Fsp3) is 0.0952. The molecule has 3 aromatic carbocycles. The van der Waals surface area contributed by atoms with Gasteiger partial charge in [-0.15, -0.1) is 0 Å². The summed E-state index contributed by atoms with van der Waals surface area (Å²) in [6.07, 6.45) is 0. The Morgan fingerprint density at radius 2 is 1.38 bits per heavy atom. The van der Waals surface area contributed by atoms with Gasteiger partial charge in [0, 0.05) is 27.0 Å². The van der Waals surface area contributed by atoms with Crippen LogP contribution in [0.25, 0.3) is 0 Å². The lowest BCUT2D eigenvalue weighted by Crippen LogP contribution is -2.14. The van der Waals surface area contributed by atoms with E-state index >= 15 is 0 Å². The summed E-state index contributed by atoms with van der Waals surface area (Å²) in [5.41, 5.74) is 3.30. The number of rotatable bonds is 5. The summed E-state index contributed by atoms with van der Waals surface area (Å²) >= 11 is 11.8. The van der Waals surface area contributed by atoms with Crippen molar-refractivity contribution >= 4 is 50.5 Å². The van der Waals surface area contributed by atoms with Crippen molar-refractivity contribution in [2.45, 2.75) is 18.7 Å². The molecule has 0 unspecified atom stereocenters. The van der Waals surface area contributed by atoms with Crippen molar-refractivity contribution in [1.82, 2.24) is 0 Å². The van der Waals surface area contributed by atoms with E-state index < -0.39 is 15.9 Å². The number of anilines is 2. The first-order valence-corrected chi connectivity index (χ1v) is 10.9. The van der Waals surface area contributed by atoms with Gasteiger partial charge in [0.05, 0.1) is 4.90 Å². The fourth-order valence-corrected chi connectivity index (χ4v) is 4.20. The highest BCUT2D eigenvalue weighted by molar-refractivity contribution is 7.92. The maximum atomic E-state index is 12.6. The summed E-state index contributed by atoms with van der Waals surface area (Å²) in [4.78, 5) is 12.4. The molecule has 0 radical (unpaired) electrons. The van der Waals surface area contributed by atoms with Gasteiger partial charge in [-0.1, -0.05) is 29.3 Å². The monoisotopic (exact) mass is 448 g/mol. The topological polar surface area (TPSA) is 75.3 Å². The molecule has 0 saturated heterocycles. The molecule has 0 fully saturated rings. The second-order valence-electron chi connectivity index (χ2n) is 6.54. The maximum Gasteiger partial charge on any atom is 0.261 e. The molecule has 0 aliphatic carbocycles. The first kappa shape index (κ1) is 21.2. The smallest absolute Gasteiger partial charge is 0.261 e. The van der Waals surface area contributed by atoms with E-state index in [2.05, 4.69) is 10.0 Å². The lowest BCUT2D eigenvalue weighted by molar-refractivity contribution is 0.102. The van der Waals surface area contributed by atoms with Gasteiger partial charge in [-0.25, -0.2) is 8.42 Å². The molecule has 0 aromatic heterocycles. The molecule has 5 nitrogen and oxygen atoms in total. The Hall–Kier alpha value is -2.54. The number of aryl methyl sites for hydroxylation is 2. The first-order chi connectivity index (χ1) is 13.6. The lowest BCUT2D eigenvalue weighted by Gasteiger charge is -2.11. The van der Waals surface area contributed by atoms with E-state index in [1.165, 1.54) is 42.5 Å². The van der Waals surface area contributed by atoms with Gasteiger partial charge >= 0.3 is 0 Å². The number of nitrogens with one attached hydrogen (secondary N) is 2. The van der Waals surface area contributed by atoms with E-state index in [-0.39, 0.29) is 4.90 Å². The minimum absolute atomic E-state index is 0.0829. The molecule has 0 aliphatic heterocycles. The average Bonchev–Trinajstić information content (AvgIpc) is 2.64. The molecule has 0 atom stereocenters. The van der Waals surface area contributed by atoms with E-state index in [1.807, 2.05) is 19.9 Å². The zero-order valence-electron chi connectivity index (χ0n) is 15.7. The van der Waals surface area contributed by atoms with Crippen LogP contribution in [0.1, 0.15) is 21.5 Å². The number of carbonyl (C=O) groups excluding carboxylic acids is 1. The first-order valence-electron chi connectivity index (χ1n) is 8.62. The van der Waals surface area contributed by atoms with Gasteiger partial charge < -0.3 is 5.32 Å². The molecule has 1 amide bonds. The van der Waals surface area contributed by atoms with Crippen LogP contribution >= 0.6 is 23.2 Å². The van der Waals surface area contributed by atoms with Gasteiger partial charge in [-0.3, -0.25) is 9.52 Å². The number of carbonyl (C=O) groups is 1. The van der Waals surface area contributed by atoms with Crippen LogP contribution in [0.3, 0.4) is 0 Å². The van der Waals surface area contributed by atoms with Gasteiger partial charge in [-0.2, -0.15) is 0 Å². The van der Waals surface area contributed by atoms with Gasteiger partial charge in [-0.05, 0) is 79.6 Å². The fourth-order valence-electron chi connectivity index (χ4n) is 2.62. The number of benzene rings is 3. The third-order valence-corrected chi connectivity index (χ3v) is 6.14. The van der Waals surface area contributed by atoms with Crippen molar-refractivity contribution in [2.75, 3.05) is 10.0 Å². The summed E-state index contributed by atoms with van der Waals surface area (Å²) in [6, 6.07) is 15.7. The van der Waals surface area contributed by atoms with Crippen molar-refractivity contribution in [1.29, 1.82) is 0 Å². The molecular weight excluding hydrogens is 431 g/mol. The van der Waals surface area contributed by atoms with Crippen LogP contribution in [0, 0.1) is 13.8 Å². The normalized spacial score (nSPS) is 11.2. The van der Waals surface area contributed by atoms with Crippen molar-refractivity contribution in [2.24, 2.45) is 0 Å². The Bertz CT molecular complexity index is 1160. The quantitative estimate of drug-likeness (QED) is 0.528. The van der Waals surface area contributed by atoms with E-state index in [0.29, 0.717) is 27.0 Å². The van der Waals surface area contributed by atoms with E-state index in [4.69, 9.17) is 23.2 Å². The number of amides is 1. The van der Waals surface area contributed by atoms with Gasteiger partial charge in [0.15, 0.2) is 0 Å². The Morgan fingerprint density at radius 1 is 0.793 bits per heavy atom. The van der Waals surface area contributed by atoms with Crippen molar-refractivity contribution in [3.63, 3.8) is 0 Å². The van der Waals surface area contributed by atoms with Crippen LogP contribution < -0.4 is 10.0 Å². The Kier molecular flexibility index (Phi) is 6.17. The molecule has 0 spiro atoms. The molecule has 0 heterocycles. The number of hydrogen-bond donors (Lipinski definition) is 2. The van der Waals surface area contributed by atoms with Crippen molar-refractivity contribution in [3.8, 4) is 0 Å². The number of sulfonamides is 1. The van der Waals surface area contributed by atoms with Gasteiger partial charge in [0.25, 0.3) is 15.9 Å². The second kappa shape index (κ2) is 8.45. The Balaban J connectivity index is 1.74. The van der Waals surface area contributed by atoms with Crippen LogP contribution in [0.4, 0.5) is 11.4 Å². The minimum atomic E-state index is -3.75. The molecule has 2 N–H and O–H groups in total. The highest BCUT2D eigenvalue weighted by Gasteiger charge is 2.15. The molecule has 3 aromatic rings. The molecule has 0 bridgehead atoms. The molecule has 29 heavy (non-hydrogen) atoms. The zero-order valence-corrected chi connectivity index (χ0v) is 18.0. The average molecular weight is 449 g/mol. The van der Waals surface area contributed by atoms with Gasteiger partial charge in [0.1, 0.15) is 0 Å². The summed E-state index contributed by atoms with van der Waals surface area (Å²) in [7, 11) is -3.75. The molecule has 150 valence electrons. The number of halogens is 2. The number of hydrogen-bond acceptors (Lipinski definition) is 3. The lowest BCUT2D eigenvalue weighted by atomic mass is 10.1. The van der Waals surface area contributed by atoms with Crippen LogP contribution in [0.15, 0.2) is 65.6 Å². The van der Waals surface area contributed by atoms with E-state index in [1.54, 1.807) is 12.1 Å². The standard InChI is InChI=1S/C21H18Cl2N2O3S/c1-13-3-4-19(9-14(13)2)25-29(27,28)20-7-5-18(6-8-20)24-21(26)15-10-16(22)12-17(23)11-15/h3-12,25H,1-2H3,(H,24,26). The molecule has 0 aliphatic rings. The Labute approximate surface area is 179 Å².